The molecule has 0 bridgehead atoms. The first kappa shape index (κ1) is 16.6. The van der Waals surface area contributed by atoms with E-state index in [1.165, 1.54) is 6.54 Å². The van der Waals surface area contributed by atoms with Crippen LogP contribution in [0.1, 0.15) is 55.4 Å². The zero-order chi connectivity index (χ0) is 14.1. The highest BCUT2D eigenvalue weighted by Gasteiger charge is 2.35. The van der Waals surface area contributed by atoms with Gasteiger partial charge < -0.3 is 12.7 Å². The average molecular weight is 304 g/mol. The van der Waals surface area contributed by atoms with E-state index in [-0.39, 0.29) is 29.5 Å². The van der Waals surface area contributed by atoms with Crippen molar-refractivity contribution >= 4 is 29.5 Å². The van der Waals surface area contributed by atoms with E-state index in [1.54, 1.807) is 0 Å². The van der Waals surface area contributed by atoms with Crippen molar-refractivity contribution in [2.45, 2.75) is 66.5 Å². The van der Waals surface area contributed by atoms with E-state index in [0.717, 1.165) is 5.92 Å². The Hall–Kier alpha value is 0.531. The molecule has 0 atom stereocenters. The summed E-state index contributed by atoms with van der Waals surface area (Å²) in [6, 6.07) is 0. The molecule has 0 aromatic rings. The lowest BCUT2D eigenvalue weighted by Crippen LogP contribution is -2.69. The van der Waals surface area contributed by atoms with E-state index in [9.17, 15) is 0 Å². The Kier molecular flexibility index (Phi) is 5.42. The van der Waals surface area contributed by atoms with Gasteiger partial charge in [0.25, 0.3) is 0 Å². The van der Waals surface area contributed by atoms with Crippen LogP contribution in [0.15, 0.2) is 0 Å². The van der Waals surface area contributed by atoms with Crippen molar-refractivity contribution in [1.29, 1.82) is 0 Å². The Morgan fingerprint density at radius 2 is 1.17 bits per heavy atom. The second kappa shape index (κ2) is 5.89. The van der Waals surface area contributed by atoms with Crippen LogP contribution in [-0.2, 0) is 0 Å². The minimum absolute atomic E-state index is 0.152. The van der Waals surface area contributed by atoms with E-state index >= 15 is 0 Å². The van der Waals surface area contributed by atoms with Gasteiger partial charge in [0.05, 0.1) is 0 Å². The highest BCUT2D eigenvalue weighted by Crippen LogP contribution is 2.20. The van der Waals surface area contributed by atoms with Crippen LogP contribution in [0.3, 0.4) is 0 Å². The molecule has 1 rings (SSSR count). The SMILES string of the molecule is CC(C)CN1[SiH2]N(C(C)(C)C)[SiH2]N(C(C)(C)C)[SiH2]1. The third-order valence-electron chi connectivity index (χ3n) is 3.60. The first-order valence-corrected chi connectivity index (χ1v) is 11.0. The van der Waals surface area contributed by atoms with Crippen LogP contribution in [0.2, 0.25) is 0 Å². The smallest absolute Gasteiger partial charge is 0.161 e. The van der Waals surface area contributed by atoms with Crippen molar-refractivity contribution in [3.63, 3.8) is 0 Å². The van der Waals surface area contributed by atoms with Gasteiger partial charge in [-0.3, -0.25) is 0 Å². The third-order valence-corrected chi connectivity index (χ3v) is 13.7. The van der Waals surface area contributed by atoms with E-state index in [4.69, 9.17) is 0 Å². The monoisotopic (exact) mass is 303 g/mol. The molecule has 3 nitrogen and oxygen atoms in total. The molecule has 0 N–H and O–H groups in total. The van der Waals surface area contributed by atoms with Gasteiger partial charge in [0.1, 0.15) is 0 Å². The van der Waals surface area contributed by atoms with E-state index in [1.807, 2.05) is 0 Å². The highest BCUT2D eigenvalue weighted by molar-refractivity contribution is 6.65. The molecule has 1 heterocycles. The Bertz CT molecular complexity index is 249. The van der Waals surface area contributed by atoms with Crippen molar-refractivity contribution in [1.82, 2.24) is 12.7 Å². The zero-order valence-corrected chi connectivity index (χ0v) is 18.0. The molecule has 1 aliphatic heterocycles. The van der Waals surface area contributed by atoms with Crippen molar-refractivity contribution in [3.05, 3.63) is 0 Å². The van der Waals surface area contributed by atoms with E-state index < -0.39 is 0 Å². The Morgan fingerprint density at radius 1 is 0.778 bits per heavy atom. The van der Waals surface area contributed by atoms with Crippen LogP contribution in [-0.4, -0.2) is 59.8 Å². The van der Waals surface area contributed by atoms with Crippen molar-refractivity contribution in [2.75, 3.05) is 6.54 Å². The maximum atomic E-state index is 2.89. The van der Waals surface area contributed by atoms with Gasteiger partial charge in [0.15, 0.2) is 29.5 Å². The molecule has 1 saturated heterocycles. The predicted molar refractivity (Wildman–Crippen MR) is 90.4 cm³/mol. The Morgan fingerprint density at radius 3 is 1.44 bits per heavy atom. The molecule has 6 heteroatoms. The van der Waals surface area contributed by atoms with Crippen LogP contribution in [0.5, 0.6) is 0 Å². The standard InChI is InChI=1S/C12H33N3Si3/c1-10(2)9-13-16-14(11(3,4)5)18-15(17-13)12(6,7)8/h10H,9,16-18H2,1-8H3. The third kappa shape index (κ3) is 4.90. The first-order chi connectivity index (χ1) is 8.00. The summed E-state index contributed by atoms with van der Waals surface area (Å²) in [5, 5.41) is 0. The van der Waals surface area contributed by atoms with Gasteiger partial charge in [-0.2, -0.15) is 0 Å². The molecule has 0 saturated carbocycles. The fraction of sp³-hybridized carbons (Fsp3) is 1.00. The normalized spacial score (nSPS) is 25.8. The number of hydrogen-bond donors (Lipinski definition) is 0. The highest BCUT2D eigenvalue weighted by atomic mass is 28.4. The molecular weight excluding hydrogens is 270 g/mol. The minimum Gasteiger partial charge on any atom is -0.332 e. The summed E-state index contributed by atoms with van der Waals surface area (Å²) in [5.41, 5.74) is 0.762. The topological polar surface area (TPSA) is 9.72 Å². The molecule has 0 aliphatic carbocycles. The number of rotatable bonds is 2. The molecule has 1 fully saturated rings. The lowest BCUT2D eigenvalue weighted by molar-refractivity contribution is 0.279. The minimum atomic E-state index is -0.189. The fourth-order valence-electron chi connectivity index (χ4n) is 2.30. The molecule has 0 aromatic carbocycles. The number of nitrogens with zero attached hydrogens (tertiary/aromatic N) is 3. The summed E-state index contributed by atoms with van der Waals surface area (Å²) < 4.78 is 8.66. The van der Waals surface area contributed by atoms with E-state index in [0.29, 0.717) is 11.1 Å². The predicted octanol–water partition coefficient (Wildman–Crippen LogP) is 0.155. The van der Waals surface area contributed by atoms with Gasteiger partial charge in [0, 0.05) is 11.1 Å². The summed E-state index contributed by atoms with van der Waals surface area (Å²) in [4.78, 5) is 0. The molecule has 18 heavy (non-hydrogen) atoms. The van der Waals surface area contributed by atoms with Crippen molar-refractivity contribution < 1.29 is 0 Å². The van der Waals surface area contributed by atoms with Gasteiger partial charge in [-0.05, 0) is 54.0 Å². The largest absolute Gasteiger partial charge is 0.332 e. The quantitative estimate of drug-likeness (QED) is 0.673. The molecule has 108 valence electrons. The average Bonchev–Trinajstić information content (AvgIpc) is 2.13. The maximum absolute atomic E-state index is 2.89. The molecular formula is C12H33N3Si3. The van der Waals surface area contributed by atoms with Crippen LogP contribution in [0.25, 0.3) is 0 Å². The van der Waals surface area contributed by atoms with Gasteiger partial charge in [-0.15, -0.1) is 0 Å². The molecule has 0 unspecified atom stereocenters. The van der Waals surface area contributed by atoms with Crippen LogP contribution < -0.4 is 0 Å². The van der Waals surface area contributed by atoms with Crippen LogP contribution in [0.4, 0.5) is 0 Å². The molecule has 0 amide bonds. The Labute approximate surface area is 121 Å². The van der Waals surface area contributed by atoms with Crippen molar-refractivity contribution in [2.24, 2.45) is 5.92 Å². The van der Waals surface area contributed by atoms with Gasteiger partial charge in [-0.1, -0.05) is 13.8 Å². The van der Waals surface area contributed by atoms with Crippen LogP contribution in [0, 0.1) is 5.92 Å². The van der Waals surface area contributed by atoms with Crippen LogP contribution >= 0.6 is 0 Å². The lowest BCUT2D eigenvalue weighted by Gasteiger charge is -2.52. The van der Waals surface area contributed by atoms with E-state index in [2.05, 4.69) is 68.1 Å². The summed E-state index contributed by atoms with van der Waals surface area (Å²) in [5.74, 6) is 0.813. The number of hydrogen-bond acceptors (Lipinski definition) is 3. The molecule has 0 radical (unpaired) electrons. The molecule has 1 aliphatic rings. The van der Waals surface area contributed by atoms with Gasteiger partial charge >= 0.3 is 0 Å². The lowest BCUT2D eigenvalue weighted by atomic mass is 10.1. The summed E-state index contributed by atoms with van der Waals surface area (Å²) in [7, 11) is -0.493. The second-order valence-corrected chi connectivity index (χ2v) is 16.5. The van der Waals surface area contributed by atoms with Gasteiger partial charge in [-0.25, -0.2) is 0 Å². The van der Waals surface area contributed by atoms with Crippen molar-refractivity contribution in [3.8, 4) is 0 Å². The molecule has 0 aromatic heterocycles. The molecule has 0 spiro atoms. The first-order valence-electron chi connectivity index (χ1n) is 7.22. The summed E-state index contributed by atoms with van der Waals surface area (Å²) >= 11 is 0. The summed E-state index contributed by atoms with van der Waals surface area (Å²) in [6.07, 6.45) is 0. The maximum Gasteiger partial charge on any atom is 0.161 e. The summed E-state index contributed by atoms with van der Waals surface area (Å²) in [6.45, 7) is 20.4. The fourth-order valence-corrected chi connectivity index (χ4v) is 14.9. The Balaban J connectivity index is 2.79. The second-order valence-electron chi connectivity index (χ2n) is 8.09. The van der Waals surface area contributed by atoms with Gasteiger partial charge in [0.2, 0.25) is 0 Å². The zero-order valence-electron chi connectivity index (χ0n) is 13.7.